The zero-order valence-corrected chi connectivity index (χ0v) is 12.2. The number of carboxylic acids is 1. The highest BCUT2D eigenvalue weighted by Crippen LogP contribution is 2.03. The van der Waals surface area contributed by atoms with E-state index in [-0.39, 0.29) is 19.0 Å². The highest BCUT2D eigenvalue weighted by Gasteiger charge is 2.19. The Morgan fingerprint density at radius 3 is 2.50 bits per heavy atom. The van der Waals surface area contributed by atoms with Gasteiger partial charge in [-0.15, -0.1) is 12.4 Å². The number of unbranched alkanes of at least 4 members (excludes halogenated alkanes) is 1. The van der Waals surface area contributed by atoms with Crippen molar-refractivity contribution < 1.29 is 19.4 Å². The molecule has 0 aliphatic rings. The van der Waals surface area contributed by atoms with Crippen molar-refractivity contribution in [1.82, 2.24) is 5.32 Å². The van der Waals surface area contributed by atoms with Crippen LogP contribution < -0.4 is 5.32 Å². The van der Waals surface area contributed by atoms with E-state index in [0.717, 1.165) is 18.4 Å². The molecule has 1 amide bonds. The Morgan fingerprint density at radius 1 is 1.30 bits per heavy atom. The molecule has 20 heavy (non-hydrogen) atoms. The first kappa shape index (κ1) is 18.2. The van der Waals surface area contributed by atoms with Gasteiger partial charge in [0.15, 0.2) is 0 Å². The molecule has 0 spiro atoms. The van der Waals surface area contributed by atoms with Crippen LogP contribution >= 0.6 is 12.4 Å². The van der Waals surface area contributed by atoms with Crippen molar-refractivity contribution in [3.63, 3.8) is 0 Å². The summed E-state index contributed by atoms with van der Waals surface area (Å²) in [7, 11) is 0. The van der Waals surface area contributed by atoms with Gasteiger partial charge in [-0.3, -0.25) is 0 Å². The van der Waals surface area contributed by atoms with Gasteiger partial charge >= 0.3 is 12.1 Å². The van der Waals surface area contributed by atoms with Gasteiger partial charge < -0.3 is 15.2 Å². The van der Waals surface area contributed by atoms with Crippen molar-refractivity contribution in [2.45, 2.75) is 38.8 Å². The number of rotatable bonds is 7. The number of hydrogen-bond acceptors (Lipinski definition) is 3. The molecule has 0 bridgehead atoms. The average molecular weight is 302 g/mol. The predicted molar refractivity (Wildman–Crippen MR) is 78.0 cm³/mol. The lowest BCUT2D eigenvalue weighted by Gasteiger charge is -2.14. The number of hydrogen-bond donors (Lipinski definition) is 2. The molecule has 0 radical (unpaired) electrons. The van der Waals surface area contributed by atoms with Crippen LogP contribution in [-0.4, -0.2) is 23.2 Å². The molecule has 0 heterocycles. The maximum atomic E-state index is 11.5. The van der Waals surface area contributed by atoms with E-state index < -0.39 is 18.1 Å². The summed E-state index contributed by atoms with van der Waals surface area (Å²) < 4.78 is 4.98. The molecule has 0 aromatic heterocycles. The fourth-order valence-electron chi connectivity index (χ4n) is 1.57. The van der Waals surface area contributed by atoms with Gasteiger partial charge in [0.1, 0.15) is 12.6 Å². The Bertz CT molecular complexity index is 411. The van der Waals surface area contributed by atoms with Crippen molar-refractivity contribution >= 4 is 24.5 Å². The van der Waals surface area contributed by atoms with Crippen molar-refractivity contribution in [3.05, 3.63) is 35.9 Å². The van der Waals surface area contributed by atoms with E-state index >= 15 is 0 Å². The topological polar surface area (TPSA) is 75.6 Å². The van der Waals surface area contributed by atoms with Gasteiger partial charge in [-0.2, -0.15) is 0 Å². The number of aliphatic carboxylic acids is 1. The van der Waals surface area contributed by atoms with Crippen LogP contribution in [0.4, 0.5) is 4.79 Å². The Balaban J connectivity index is 0.00000361. The Hall–Kier alpha value is -1.75. The second-order valence-corrected chi connectivity index (χ2v) is 4.24. The van der Waals surface area contributed by atoms with Crippen LogP contribution in [-0.2, 0) is 16.1 Å². The average Bonchev–Trinajstić information content (AvgIpc) is 2.42. The molecular weight excluding hydrogens is 282 g/mol. The maximum absolute atomic E-state index is 11.5. The summed E-state index contributed by atoms with van der Waals surface area (Å²) in [5, 5.41) is 11.3. The van der Waals surface area contributed by atoms with E-state index in [1.807, 2.05) is 37.3 Å². The van der Waals surface area contributed by atoms with E-state index in [4.69, 9.17) is 9.84 Å². The Morgan fingerprint density at radius 2 is 1.95 bits per heavy atom. The Labute approximate surface area is 124 Å². The third kappa shape index (κ3) is 6.99. The highest BCUT2D eigenvalue weighted by molar-refractivity contribution is 5.85. The molecular formula is C14H20ClNO4. The summed E-state index contributed by atoms with van der Waals surface area (Å²) in [5.74, 6) is -1.04. The Kier molecular flexibility index (Phi) is 9.20. The second kappa shape index (κ2) is 10.1. The quantitative estimate of drug-likeness (QED) is 0.812. The summed E-state index contributed by atoms with van der Waals surface area (Å²) in [6.45, 7) is 2.10. The van der Waals surface area contributed by atoms with E-state index in [0.29, 0.717) is 6.42 Å². The van der Waals surface area contributed by atoms with E-state index in [1.54, 1.807) is 0 Å². The third-order valence-electron chi connectivity index (χ3n) is 2.65. The highest BCUT2D eigenvalue weighted by atomic mass is 35.5. The molecule has 1 rings (SSSR count). The third-order valence-corrected chi connectivity index (χ3v) is 2.65. The molecule has 5 nitrogen and oxygen atoms in total. The van der Waals surface area contributed by atoms with Gasteiger partial charge in [0, 0.05) is 0 Å². The summed E-state index contributed by atoms with van der Waals surface area (Å²) in [5.41, 5.74) is 0.859. The fraction of sp³-hybridized carbons (Fsp3) is 0.429. The zero-order chi connectivity index (χ0) is 14.1. The molecule has 1 unspecified atom stereocenters. The van der Waals surface area contributed by atoms with E-state index in [1.165, 1.54) is 0 Å². The van der Waals surface area contributed by atoms with Crippen molar-refractivity contribution in [1.29, 1.82) is 0 Å². The smallest absolute Gasteiger partial charge is 0.408 e. The largest absolute Gasteiger partial charge is 0.480 e. The van der Waals surface area contributed by atoms with Gasteiger partial charge in [0.25, 0.3) is 0 Å². The van der Waals surface area contributed by atoms with Crippen molar-refractivity contribution in [2.75, 3.05) is 0 Å². The van der Waals surface area contributed by atoms with Crippen LogP contribution in [0.1, 0.15) is 31.7 Å². The first-order valence-electron chi connectivity index (χ1n) is 6.33. The molecule has 0 saturated carbocycles. The molecule has 0 saturated heterocycles. The number of carbonyl (C=O) groups excluding carboxylic acids is 1. The zero-order valence-electron chi connectivity index (χ0n) is 11.4. The number of amides is 1. The SMILES string of the molecule is CCCCC(NC(=O)OCc1ccccc1)C(=O)O.Cl. The lowest BCUT2D eigenvalue weighted by Crippen LogP contribution is -2.40. The van der Waals surface area contributed by atoms with Crippen LogP contribution in [0.15, 0.2) is 30.3 Å². The van der Waals surface area contributed by atoms with E-state index in [2.05, 4.69) is 5.32 Å². The second-order valence-electron chi connectivity index (χ2n) is 4.24. The first-order chi connectivity index (χ1) is 9.13. The van der Waals surface area contributed by atoms with Crippen LogP contribution in [0.25, 0.3) is 0 Å². The summed E-state index contributed by atoms with van der Waals surface area (Å²) >= 11 is 0. The van der Waals surface area contributed by atoms with Gasteiger partial charge in [0.2, 0.25) is 0 Å². The molecule has 112 valence electrons. The summed E-state index contributed by atoms with van der Waals surface area (Å²) in [6, 6.07) is 8.34. The minimum atomic E-state index is -1.04. The minimum Gasteiger partial charge on any atom is -0.480 e. The molecule has 1 aromatic carbocycles. The molecule has 0 aliphatic carbocycles. The summed E-state index contributed by atoms with van der Waals surface area (Å²) in [6.07, 6.45) is 1.33. The molecule has 0 fully saturated rings. The summed E-state index contributed by atoms with van der Waals surface area (Å²) in [4.78, 5) is 22.4. The van der Waals surface area contributed by atoms with Crippen molar-refractivity contribution in [2.24, 2.45) is 0 Å². The maximum Gasteiger partial charge on any atom is 0.408 e. The predicted octanol–water partition coefficient (Wildman–Crippen LogP) is 2.98. The first-order valence-corrected chi connectivity index (χ1v) is 6.33. The van der Waals surface area contributed by atoms with Crippen LogP contribution in [0.5, 0.6) is 0 Å². The van der Waals surface area contributed by atoms with Gasteiger partial charge in [-0.25, -0.2) is 9.59 Å². The van der Waals surface area contributed by atoms with Gasteiger partial charge in [-0.05, 0) is 12.0 Å². The minimum absolute atomic E-state index is 0. The number of benzene rings is 1. The molecule has 2 N–H and O–H groups in total. The number of ether oxygens (including phenoxy) is 1. The van der Waals surface area contributed by atoms with Crippen LogP contribution in [0.3, 0.4) is 0 Å². The lowest BCUT2D eigenvalue weighted by molar-refractivity contribution is -0.139. The number of alkyl carbamates (subject to hydrolysis) is 1. The van der Waals surface area contributed by atoms with E-state index in [9.17, 15) is 9.59 Å². The molecule has 1 atom stereocenters. The van der Waals surface area contributed by atoms with Crippen LogP contribution in [0.2, 0.25) is 0 Å². The van der Waals surface area contributed by atoms with Crippen molar-refractivity contribution in [3.8, 4) is 0 Å². The standard InChI is InChI=1S/C14H19NO4.ClH/c1-2-3-9-12(13(16)17)15-14(18)19-10-11-7-5-4-6-8-11;/h4-8,12H,2-3,9-10H2,1H3,(H,15,18)(H,16,17);1H. The lowest BCUT2D eigenvalue weighted by atomic mass is 10.1. The van der Waals surface area contributed by atoms with Crippen LogP contribution in [0, 0.1) is 0 Å². The fourth-order valence-corrected chi connectivity index (χ4v) is 1.57. The number of carboxylic acid groups (broad SMARTS) is 1. The molecule has 0 aliphatic heterocycles. The monoisotopic (exact) mass is 301 g/mol. The molecule has 1 aromatic rings. The normalized spacial score (nSPS) is 11.1. The number of carbonyl (C=O) groups is 2. The number of nitrogens with one attached hydrogen (secondary N) is 1. The van der Waals surface area contributed by atoms with Gasteiger partial charge in [0.05, 0.1) is 0 Å². The number of halogens is 1. The van der Waals surface area contributed by atoms with Gasteiger partial charge in [-0.1, -0.05) is 50.1 Å². The molecule has 6 heteroatoms.